The second kappa shape index (κ2) is 6.13. The molecule has 21 heavy (non-hydrogen) atoms. The number of aromatic nitrogens is 5. The normalized spacial score (nSPS) is 12.0. The number of pyridine rings is 1. The van der Waals surface area contributed by atoms with E-state index in [4.69, 9.17) is 0 Å². The van der Waals surface area contributed by atoms with E-state index in [9.17, 15) is 0 Å². The first-order chi connectivity index (χ1) is 10.3. The van der Waals surface area contributed by atoms with Crippen molar-refractivity contribution in [2.45, 2.75) is 19.5 Å². The predicted molar refractivity (Wildman–Crippen MR) is 80.6 cm³/mol. The summed E-state index contributed by atoms with van der Waals surface area (Å²) in [6, 6.07) is 7.83. The van der Waals surface area contributed by atoms with Gasteiger partial charge in [-0.15, -0.1) is 0 Å². The fraction of sp³-hybridized carbons (Fsp3) is 0.200. The van der Waals surface area contributed by atoms with Crippen molar-refractivity contribution in [3.63, 3.8) is 0 Å². The summed E-state index contributed by atoms with van der Waals surface area (Å²) in [5.74, 6) is 0.607. The highest BCUT2D eigenvalue weighted by molar-refractivity contribution is 5.58. The molecule has 0 radical (unpaired) electrons. The molecule has 3 rings (SSSR count). The van der Waals surface area contributed by atoms with Gasteiger partial charge in [-0.3, -0.25) is 9.67 Å². The minimum atomic E-state index is 0.175. The molecule has 3 aromatic heterocycles. The van der Waals surface area contributed by atoms with E-state index in [0.29, 0.717) is 5.95 Å². The van der Waals surface area contributed by atoms with E-state index >= 15 is 0 Å². The van der Waals surface area contributed by atoms with E-state index in [1.807, 2.05) is 35.1 Å². The average molecular weight is 280 g/mol. The molecular weight excluding hydrogens is 264 g/mol. The molecule has 0 aliphatic heterocycles. The Balaban J connectivity index is 1.71. The van der Waals surface area contributed by atoms with Crippen LogP contribution >= 0.6 is 0 Å². The smallest absolute Gasteiger partial charge is 0.223 e. The van der Waals surface area contributed by atoms with Crippen LogP contribution in [0.5, 0.6) is 0 Å². The molecule has 106 valence electrons. The van der Waals surface area contributed by atoms with Gasteiger partial charge in [0.25, 0.3) is 0 Å². The van der Waals surface area contributed by atoms with Crippen molar-refractivity contribution in [3.8, 4) is 11.3 Å². The third kappa shape index (κ3) is 3.42. The first-order valence-corrected chi connectivity index (χ1v) is 6.79. The number of nitrogens with zero attached hydrogens (tertiary/aromatic N) is 5. The number of anilines is 1. The molecule has 0 bridgehead atoms. The maximum atomic E-state index is 4.52. The molecule has 0 unspecified atom stereocenters. The van der Waals surface area contributed by atoms with E-state index in [1.54, 1.807) is 24.8 Å². The van der Waals surface area contributed by atoms with Gasteiger partial charge < -0.3 is 5.32 Å². The van der Waals surface area contributed by atoms with Crippen LogP contribution in [-0.2, 0) is 6.54 Å². The van der Waals surface area contributed by atoms with Crippen molar-refractivity contribution < 1.29 is 0 Å². The van der Waals surface area contributed by atoms with Gasteiger partial charge in [-0.1, -0.05) is 0 Å². The first kappa shape index (κ1) is 13.2. The number of hydrogen-bond acceptors (Lipinski definition) is 5. The molecule has 0 saturated heterocycles. The summed E-state index contributed by atoms with van der Waals surface area (Å²) in [6.45, 7) is 2.83. The zero-order valence-corrected chi connectivity index (χ0v) is 11.7. The first-order valence-electron chi connectivity index (χ1n) is 6.79. The Hall–Kier alpha value is -2.76. The third-order valence-electron chi connectivity index (χ3n) is 3.01. The molecule has 1 N–H and O–H groups in total. The molecule has 6 heteroatoms. The molecule has 0 aliphatic rings. The lowest BCUT2D eigenvalue weighted by Gasteiger charge is -2.14. The van der Waals surface area contributed by atoms with Crippen LogP contribution in [0.25, 0.3) is 11.3 Å². The van der Waals surface area contributed by atoms with Crippen LogP contribution < -0.4 is 5.32 Å². The van der Waals surface area contributed by atoms with E-state index in [1.165, 1.54) is 0 Å². The molecule has 0 spiro atoms. The predicted octanol–water partition coefficient (Wildman–Crippen LogP) is 2.24. The van der Waals surface area contributed by atoms with Crippen LogP contribution in [0.15, 0.2) is 55.2 Å². The van der Waals surface area contributed by atoms with Gasteiger partial charge >= 0.3 is 0 Å². The molecule has 0 fully saturated rings. The molecule has 6 nitrogen and oxygen atoms in total. The zero-order valence-electron chi connectivity index (χ0n) is 11.7. The summed E-state index contributed by atoms with van der Waals surface area (Å²) in [4.78, 5) is 12.9. The van der Waals surface area contributed by atoms with Crippen molar-refractivity contribution >= 4 is 5.95 Å². The SMILES string of the molecule is C[C@@H](Cn1cccn1)Nc1nccc(-c2cccnc2)n1. The Bertz CT molecular complexity index is 680. The number of nitrogens with one attached hydrogen (secondary N) is 1. The van der Waals surface area contributed by atoms with E-state index in [-0.39, 0.29) is 6.04 Å². The Morgan fingerprint density at radius 1 is 1.19 bits per heavy atom. The number of hydrogen-bond donors (Lipinski definition) is 1. The largest absolute Gasteiger partial charge is 0.350 e. The van der Waals surface area contributed by atoms with Crippen LogP contribution in [0, 0.1) is 0 Å². The van der Waals surface area contributed by atoms with Gasteiger partial charge in [-0.05, 0) is 31.2 Å². The summed E-state index contributed by atoms with van der Waals surface area (Å²) >= 11 is 0. The van der Waals surface area contributed by atoms with Crippen LogP contribution in [0.3, 0.4) is 0 Å². The molecule has 0 aromatic carbocycles. The Morgan fingerprint density at radius 2 is 2.14 bits per heavy atom. The fourth-order valence-corrected chi connectivity index (χ4v) is 2.06. The average Bonchev–Trinajstić information content (AvgIpc) is 3.01. The summed E-state index contributed by atoms with van der Waals surface area (Å²) in [7, 11) is 0. The van der Waals surface area contributed by atoms with Crippen LogP contribution in [-0.4, -0.2) is 30.8 Å². The fourth-order valence-electron chi connectivity index (χ4n) is 2.06. The third-order valence-corrected chi connectivity index (χ3v) is 3.01. The Morgan fingerprint density at radius 3 is 2.90 bits per heavy atom. The van der Waals surface area contributed by atoms with Crippen molar-refractivity contribution in [3.05, 3.63) is 55.2 Å². The quantitative estimate of drug-likeness (QED) is 0.776. The van der Waals surface area contributed by atoms with Crippen LogP contribution in [0.4, 0.5) is 5.95 Å². The summed E-state index contributed by atoms with van der Waals surface area (Å²) in [6.07, 6.45) is 8.99. The lowest BCUT2D eigenvalue weighted by atomic mass is 10.2. The Labute approximate surface area is 122 Å². The van der Waals surface area contributed by atoms with Crippen molar-refractivity contribution in [2.24, 2.45) is 0 Å². The van der Waals surface area contributed by atoms with Crippen molar-refractivity contribution in [2.75, 3.05) is 5.32 Å². The van der Waals surface area contributed by atoms with E-state index < -0.39 is 0 Å². The maximum absolute atomic E-state index is 4.52. The highest BCUT2D eigenvalue weighted by atomic mass is 15.3. The van der Waals surface area contributed by atoms with Gasteiger partial charge in [0, 0.05) is 42.6 Å². The standard InChI is InChI=1S/C15H16N6/c1-12(11-21-9-3-7-18-21)19-15-17-8-5-14(20-15)13-4-2-6-16-10-13/h2-10,12H,11H2,1H3,(H,17,19,20)/t12-/m0/s1. The monoisotopic (exact) mass is 280 g/mol. The van der Waals surface area contributed by atoms with E-state index in [2.05, 4.69) is 32.3 Å². The van der Waals surface area contributed by atoms with Gasteiger partial charge in [0.05, 0.1) is 12.2 Å². The molecule has 3 heterocycles. The summed E-state index contributed by atoms with van der Waals surface area (Å²) in [5, 5.41) is 7.48. The minimum absolute atomic E-state index is 0.175. The molecule has 0 aliphatic carbocycles. The topological polar surface area (TPSA) is 68.5 Å². The molecule has 3 aromatic rings. The highest BCUT2D eigenvalue weighted by Crippen LogP contribution is 2.16. The highest BCUT2D eigenvalue weighted by Gasteiger charge is 2.07. The van der Waals surface area contributed by atoms with Gasteiger partial charge in [-0.25, -0.2) is 9.97 Å². The van der Waals surface area contributed by atoms with Crippen LogP contribution in [0.1, 0.15) is 6.92 Å². The van der Waals surface area contributed by atoms with Crippen molar-refractivity contribution in [1.29, 1.82) is 0 Å². The molecule has 1 atom stereocenters. The lowest BCUT2D eigenvalue weighted by molar-refractivity contribution is 0.558. The maximum Gasteiger partial charge on any atom is 0.223 e. The zero-order chi connectivity index (χ0) is 14.5. The van der Waals surface area contributed by atoms with Crippen LogP contribution in [0.2, 0.25) is 0 Å². The minimum Gasteiger partial charge on any atom is -0.350 e. The van der Waals surface area contributed by atoms with Gasteiger partial charge in [-0.2, -0.15) is 5.10 Å². The van der Waals surface area contributed by atoms with Gasteiger partial charge in [0.15, 0.2) is 0 Å². The molecule has 0 amide bonds. The second-order valence-corrected chi connectivity index (χ2v) is 4.78. The van der Waals surface area contributed by atoms with Gasteiger partial charge in [0.2, 0.25) is 5.95 Å². The van der Waals surface area contributed by atoms with Gasteiger partial charge in [0.1, 0.15) is 0 Å². The Kier molecular flexibility index (Phi) is 3.86. The summed E-state index contributed by atoms with van der Waals surface area (Å²) < 4.78 is 1.88. The van der Waals surface area contributed by atoms with E-state index in [0.717, 1.165) is 17.8 Å². The second-order valence-electron chi connectivity index (χ2n) is 4.78. The molecule has 0 saturated carbocycles. The number of rotatable bonds is 5. The van der Waals surface area contributed by atoms with Crippen molar-refractivity contribution in [1.82, 2.24) is 24.7 Å². The lowest BCUT2D eigenvalue weighted by Crippen LogP contribution is -2.23. The molecular formula is C15H16N6. The summed E-state index contributed by atoms with van der Waals surface area (Å²) in [5.41, 5.74) is 1.83.